The number of hydrogen-bond acceptors (Lipinski definition) is 7. The van der Waals surface area contributed by atoms with E-state index in [1.54, 1.807) is 18.3 Å². The number of methoxy groups -OCH3 is 1. The van der Waals surface area contributed by atoms with Gasteiger partial charge in [-0.05, 0) is 31.3 Å². The number of likely N-dealkylation sites (N-methyl/N-ethyl adjacent to an activating group) is 1. The standard InChI is InChI=1S/C20H24N4O4/c1-23-5-7-24(8-6-23)18-4-3-15(13-21-18)22-20(25)14-11-16(26-2)19-17(12-14)27-9-10-28-19/h3-4,11-13H,5-10H2,1-2H3,(H,22,25). The maximum atomic E-state index is 12.7. The van der Waals surface area contributed by atoms with E-state index in [-0.39, 0.29) is 5.91 Å². The first-order valence-electron chi connectivity index (χ1n) is 9.32. The van der Waals surface area contributed by atoms with E-state index in [1.165, 1.54) is 7.11 Å². The monoisotopic (exact) mass is 384 g/mol. The van der Waals surface area contributed by atoms with Crippen molar-refractivity contribution in [3.63, 3.8) is 0 Å². The summed E-state index contributed by atoms with van der Waals surface area (Å²) in [6.45, 7) is 4.84. The van der Waals surface area contributed by atoms with Crippen LogP contribution in [-0.4, -0.2) is 69.3 Å². The van der Waals surface area contributed by atoms with Gasteiger partial charge in [0.15, 0.2) is 11.5 Å². The quantitative estimate of drug-likeness (QED) is 0.862. The molecule has 1 saturated heterocycles. The second-order valence-corrected chi connectivity index (χ2v) is 6.85. The van der Waals surface area contributed by atoms with Gasteiger partial charge in [-0.25, -0.2) is 4.98 Å². The zero-order chi connectivity index (χ0) is 19.5. The molecular weight excluding hydrogens is 360 g/mol. The molecule has 0 radical (unpaired) electrons. The zero-order valence-corrected chi connectivity index (χ0v) is 16.1. The average molecular weight is 384 g/mol. The minimum atomic E-state index is -0.260. The van der Waals surface area contributed by atoms with Crippen LogP contribution in [0.4, 0.5) is 11.5 Å². The zero-order valence-electron chi connectivity index (χ0n) is 16.1. The molecule has 0 atom stereocenters. The molecule has 2 aromatic rings. The number of ether oxygens (including phenoxy) is 3. The molecule has 0 spiro atoms. The molecule has 4 rings (SSSR count). The number of pyridine rings is 1. The lowest BCUT2D eigenvalue weighted by Gasteiger charge is -2.33. The van der Waals surface area contributed by atoms with Gasteiger partial charge in [-0.15, -0.1) is 0 Å². The van der Waals surface area contributed by atoms with Crippen LogP contribution in [-0.2, 0) is 0 Å². The van der Waals surface area contributed by atoms with Crippen molar-refractivity contribution in [3.05, 3.63) is 36.0 Å². The number of carbonyl (C=O) groups is 1. The maximum Gasteiger partial charge on any atom is 0.255 e. The molecule has 0 bridgehead atoms. The summed E-state index contributed by atoms with van der Waals surface area (Å²) in [5.74, 6) is 2.19. The fourth-order valence-electron chi connectivity index (χ4n) is 3.29. The minimum Gasteiger partial charge on any atom is -0.493 e. The molecular formula is C20H24N4O4. The van der Waals surface area contributed by atoms with E-state index in [2.05, 4.69) is 27.1 Å². The summed E-state index contributed by atoms with van der Waals surface area (Å²) in [5, 5.41) is 2.87. The number of nitrogens with one attached hydrogen (secondary N) is 1. The molecule has 0 saturated carbocycles. The first-order valence-corrected chi connectivity index (χ1v) is 9.32. The SMILES string of the molecule is COc1cc(C(=O)Nc2ccc(N3CCN(C)CC3)nc2)cc2c1OCCO2. The van der Waals surface area contributed by atoms with Crippen LogP contribution in [0.25, 0.3) is 0 Å². The third kappa shape index (κ3) is 3.82. The first kappa shape index (κ1) is 18.4. The highest BCUT2D eigenvalue weighted by molar-refractivity contribution is 6.05. The van der Waals surface area contributed by atoms with Crippen molar-refractivity contribution in [1.82, 2.24) is 9.88 Å². The van der Waals surface area contributed by atoms with Crippen LogP contribution in [0.5, 0.6) is 17.2 Å². The normalized spacial score (nSPS) is 16.6. The Balaban J connectivity index is 1.46. The number of fused-ring (bicyclic) bond motifs is 1. The van der Waals surface area contributed by atoms with Crippen LogP contribution < -0.4 is 24.4 Å². The fraction of sp³-hybridized carbons (Fsp3) is 0.400. The molecule has 8 nitrogen and oxygen atoms in total. The molecule has 8 heteroatoms. The molecule has 28 heavy (non-hydrogen) atoms. The second-order valence-electron chi connectivity index (χ2n) is 6.85. The van der Waals surface area contributed by atoms with E-state index >= 15 is 0 Å². The van der Waals surface area contributed by atoms with Crippen LogP contribution in [0.3, 0.4) is 0 Å². The van der Waals surface area contributed by atoms with Crippen LogP contribution in [0.2, 0.25) is 0 Å². The summed E-state index contributed by atoms with van der Waals surface area (Å²) < 4.78 is 16.5. The van der Waals surface area contributed by atoms with Crippen LogP contribution in [0, 0.1) is 0 Å². The van der Waals surface area contributed by atoms with Crippen molar-refractivity contribution in [2.75, 3.05) is 63.8 Å². The summed E-state index contributed by atoms with van der Waals surface area (Å²) in [6, 6.07) is 7.12. The van der Waals surface area contributed by atoms with E-state index < -0.39 is 0 Å². The predicted molar refractivity (Wildman–Crippen MR) is 106 cm³/mol. The van der Waals surface area contributed by atoms with Crippen molar-refractivity contribution >= 4 is 17.4 Å². The summed E-state index contributed by atoms with van der Waals surface area (Å²) in [7, 11) is 3.66. The Bertz CT molecular complexity index is 831. The number of amides is 1. The average Bonchev–Trinajstić information content (AvgIpc) is 2.74. The van der Waals surface area contributed by atoms with E-state index in [0.717, 1.165) is 32.0 Å². The highest BCUT2D eigenvalue weighted by Gasteiger charge is 2.21. The Morgan fingerprint density at radius 3 is 2.64 bits per heavy atom. The van der Waals surface area contributed by atoms with E-state index in [9.17, 15) is 4.79 Å². The van der Waals surface area contributed by atoms with Crippen molar-refractivity contribution in [1.29, 1.82) is 0 Å². The largest absolute Gasteiger partial charge is 0.493 e. The van der Waals surface area contributed by atoms with Gasteiger partial charge in [-0.1, -0.05) is 0 Å². The van der Waals surface area contributed by atoms with Gasteiger partial charge >= 0.3 is 0 Å². The van der Waals surface area contributed by atoms with Crippen molar-refractivity contribution in [2.24, 2.45) is 0 Å². The number of benzene rings is 1. The Hall–Kier alpha value is -3.00. The fourth-order valence-corrected chi connectivity index (χ4v) is 3.29. The molecule has 2 aliphatic heterocycles. The number of anilines is 2. The molecule has 1 amide bonds. The van der Waals surface area contributed by atoms with E-state index in [1.807, 2.05) is 12.1 Å². The number of aromatic nitrogens is 1. The van der Waals surface area contributed by atoms with Gasteiger partial charge in [0.2, 0.25) is 5.75 Å². The lowest BCUT2D eigenvalue weighted by Crippen LogP contribution is -2.44. The van der Waals surface area contributed by atoms with Gasteiger partial charge in [0.05, 0.1) is 19.0 Å². The van der Waals surface area contributed by atoms with Gasteiger partial charge in [0, 0.05) is 31.7 Å². The molecule has 1 aromatic heterocycles. The highest BCUT2D eigenvalue weighted by Crippen LogP contribution is 2.40. The van der Waals surface area contributed by atoms with Gasteiger partial charge in [-0.2, -0.15) is 0 Å². The molecule has 0 unspecified atom stereocenters. The highest BCUT2D eigenvalue weighted by atomic mass is 16.6. The summed E-state index contributed by atoms with van der Waals surface area (Å²) in [6.07, 6.45) is 1.68. The maximum absolute atomic E-state index is 12.7. The van der Waals surface area contributed by atoms with E-state index in [0.29, 0.717) is 41.7 Å². The summed E-state index contributed by atoms with van der Waals surface area (Å²) in [4.78, 5) is 21.7. The molecule has 1 fully saturated rings. The number of piperazine rings is 1. The van der Waals surface area contributed by atoms with E-state index in [4.69, 9.17) is 14.2 Å². The van der Waals surface area contributed by atoms with Crippen LogP contribution >= 0.6 is 0 Å². The Morgan fingerprint density at radius 2 is 1.93 bits per heavy atom. The van der Waals surface area contributed by atoms with Gasteiger partial charge in [0.1, 0.15) is 19.0 Å². The topological polar surface area (TPSA) is 76.2 Å². The lowest BCUT2D eigenvalue weighted by molar-refractivity contribution is 0.102. The number of hydrogen-bond donors (Lipinski definition) is 1. The minimum absolute atomic E-state index is 0.260. The summed E-state index contributed by atoms with van der Waals surface area (Å²) >= 11 is 0. The van der Waals surface area contributed by atoms with Gasteiger partial charge < -0.3 is 29.3 Å². The Labute approximate surface area is 164 Å². The Morgan fingerprint density at radius 1 is 1.14 bits per heavy atom. The lowest BCUT2D eigenvalue weighted by atomic mass is 10.1. The molecule has 0 aliphatic carbocycles. The third-order valence-electron chi connectivity index (χ3n) is 4.92. The predicted octanol–water partition coefficient (Wildman–Crippen LogP) is 1.87. The molecule has 2 aliphatic rings. The molecule has 1 aromatic carbocycles. The van der Waals surface area contributed by atoms with Crippen molar-refractivity contribution < 1.29 is 19.0 Å². The van der Waals surface area contributed by atoms with Crippen molar-refractivity contribution in [3.8, 4) is 17.2 Å². The second kappa shape index (κ2) is 7.93. The third-order valence-corrected chi connectivity index (χ3v) is 4.92. The number of carbonyl (C=O) groups excluding carboxylic acids is 1. The van der Waals surface area contributed by atoms with Gasteiger partial charge in [-0.3, -0.25) is 4.79 Å². The number of nitrogens with zero attached hydrogens (tertiary/aromatic N) is 3. The smallest absolute Gasteiger partial charge is 0.255 e. The first-order chi connectivity index (χ1) is 13.6. The number of rotatable bonds is 4. The summed E-state index contributed by atoms with van der Waals surface area (Å²) in [5.41, 5.74) is 1.07. The van der Waals surface area contributed by atoms with Crippen molar-refractivity contribution in [2.45, 2.75) is 0 Å². The molecule has 1 N–H and O–H groups in total. The molecule has 3 heterocycles. The molecule has 148 valence electrons. The Kier molecular flexibility index (Phi) is 5.21. The van der Waals surface area contributed by atoms with Crippen LogP contribution in [0.15, 0.2) is 30.5 Å². The van der Waals surface area contributed by atoms with Crippen LogP contribution in [0.1, 0.15) is 10.4 Å². The van der Waals surface area contributed by atoms with Gasteiger partial charge in [0.25, 0.3) is 5.91 Å².